The van der Waals surface area contributed by atoms with E-state index in [1.165, 1.54) is 0 Å². The summed E-state index contributed by atoms with van der Waals surface area (Å²) < 4.78 is 10.7. The van der Waals surface area contributed by atoms with Crippen LogP contribution in [0.15, 0.2) is 59.8 Å². The van der Waals surface area contributed by atoms with Gasteiger partial charge >= 0.3 is 5.97 Å². The third kappa shape index (κ3) is 5.57. The zero-order chi connectivity index (χ0) is 24.9. The van der Waals surface area contributed by atoms with Crippen LogP contribution in [-0.2, 0) is 25.6 Å². The number of hydrogen-bond acceptors (Lipinski definition) is 5. The Kier molecular flexibility index (Phi) is 7.88. The lowest BCUT2D eigenvalue weighted by Gasteiger charge is -2.34. The molecular formula is C27H29ClN2O5. The van der Waals surface area contributed by atoms with Crippen molar-refractivity contribution in [2.24, 2.45) is 0 Å². The average Bonchev–Trinajstić information content (AvgIpc) is 2.87. The third-order valence-corrected chi connectivity index (χ3v) is 6.68. The van der Waals surface area contributed by atoms with Gasteiger partial charge in [0.25, 0.3) is 5.91 Å². The maximum absolute atomic E-state index is 13.2. The van der Waals surface area contributed by atoms with E-state index in [4.69, 9.17) is 21.1 Å². The summed E-state index contributed by atoms with van der Waals surface area (Å²) in [6.07, 6.45) is 0.153. The van der Waals surface area contributed by atoms with Crippen molar-refractivity contribution in [1.29, 1.82) is 0 Å². The first kappa shape index (κ1) is 24.9. The second kappa shape index (κ2) is 11.1. The monoisotopic (exact) mass is 496 g/mol. The summed E-state index contributed by atoms with van der Waals surface area (Å²) >= 11 is 6.04. The fraction of sp³-hybridized carbons (Fsp3) is 0.370. The van der Waals surface area contributed by atoms with Gasteiger partial charge in [-0.2, -0.15) is 0 Å². The number of amides is 2. The lowest BCUT2D eigenvalue weighted by atomic mass is 9.83. The van der Waals surface area contributed by atoms with E-state index in [9.17, 15) is 14.4 Å². The van der Waals surface area contributed by atoms with E-state index in [0.29, 0.717) is 54.7 Å². The first-order valence-corrected chi connectivity index (χ1v) is 12.2. The molecule has 2 aromatic carbocycles. The highest BCUT2D eigenvalue weighted by molar-refractivity contribution is 6.30. The van der Waals surface area contributed by atoms with Crippen LogP contribution in [0.1, 0.15) is 47.7 Å². The van der Waals surface area contributed by atoms with Gasteiger partial charge in [-0.25, -0.2) is 4.79 Å². The molecule has 0 saturated carbocycles. The second-order valence-corrected chi connectivity index (χ2v) is 9.05. The SMILES string of the molecule is CCOC(=O)C1=C(C)N(Cc2ccc(C(=O)N3CCOCC3)cc2)C(=O)CC1c1ccc(Cl)cc1. The van der Waals surface area contributed by atoms with Gasteiger partial charge in [-0.1, -0.05) is 35.9 Å². The summed E-state index contributed by atoms with van der Waals surface area (Å²) in [6, 6.07) is 14.5. The van der Waals surface area contributed by atoms with Crippen LogP contribution in [0.3, 0.4) is 0 Å². The third-order valence-electron chi connectivity index (χ3n) is 6.43. The molecular weight excluding hydrogens is 468 g/mol. The molecule has 4 rings (SSSR count). The molecule has 8 heteroatoms. The van der Waals surface area contributed by atoms with Crippen molar-refractivity contribution in [3.63, 3.8) is 0 Å². The topological polar surface area (TPSA) is 76.2 Å². The van der Waals surface area contributed by atoms with Gasteiger partial charge in [-0.3, -0.25) is 9.59 Å². The van der Waals surface area contributed by atoms with Crippen LogP contribution in [0.4, 0.5) is 0 Å². The Hall–Kier alpha value is -3.16. The molecule has 1 fully saturated rings. The first-order valence-electron chi connectivity index (χ1n) is 11.8. The maximum Gasteiger partial charge on any atom is 0.336 e. The number of hydrogen-bond donors (Lipinski definition) is 0. The number of benzene rings is 2. The predicted molar refractivity (Wildman–Crippen MR) is 132 cm³/mol. The van der Waals surface area contributed by atoms with Crippen molar-refractivity contribution in [3.8, 4) is 0 Å². The van der Waals surface area contributed by atoms with Crippen LogP contribution < -0.4 is 0 Å². The molecule has 0 bridgehead atoms. The minimum atomic E-state index is -0.422. The molecule has 1 unspecified atom stereocenters. The van der Waals surface area contributed by atoms with E-state index in [-0.39, 0.29) is 24.8 Å². The average molecular weight is 497 g/mol. The molecule has 2 amide bonds. The maximum atomic E-state index is 13.2. The molecule has 0 aliphatic carbocycles. The summed E-state index contributed by atoms with van der Waals surface area (Å²) in [5.41, 5.74) is 3.36. The molecule has 1 atom stereocenters. The summed E-state index contributed by atoms with van der Waals surface area (Å²) in [7, 11) is 0. The van der Waals surface area contributed by atoms with Gasteiger partial charge in [0.2, 0.25) is 5.91 Å². The fourth-order valence-corrected chi connectivity index (χ4v) is 4.67. The Bertz CT molecular complexity index is 1120. The molecule has 2 aliphatic rings. The molecule has 0 aromatic heterocycles. The normalized spacial score (nSPS) is 18.6. The highest BCUT2D eigenvalue weighted by Crippen LogP contribution is 2.38. The minimum Gasteiger partial charge on any atom is -0.463 e. The molecule has 2 aliphatic heterocycles. The van der Waals surface area contributed by atoms with Crippen LogP contribution in [0.25, 0.3) is 0 Å². The molecule has 0 N–H and O–H groups in total. The number of morpholine rings is 1. The highest BCUT2D eigenvalue weighted by atomic mass is 35.5. The standard InChI is InChI=1S/C27H29ClN2O5/c1-3-35-27(33)25-18(2)30(24(31)16-23(25)20-8-10-22(28)11-9-20)17-19-4-6-21(7-5-19)26(32)29-12-14-34-15-13-29/h4-11,23H,3,12-17H2,1-2H3. The number of esters is 1. The van der Waals surface area contributed by atoms with Gasteiger partial charge in [0.15, 0.2) is 0 Å². The molecule has 1 saturated heterocycles. The Morgan fingerprint density at radius 3 is 2.34 bits per heavy atom. The number of nitrogens with zero attached hydrogens (tertiary/aromatic N) is 2. The summed E-state index contributed by atoms with van der Waals surface area (Å²) in [6.45, 7) is 6.34. The second-order valence-electron chi connectivity index (χ2n) is 8.61. The van der Waals surface area contributed by atoms with Crippen LogP contribution in [-0.4, -0.2) is 60.5 Å². The number of ether oxygens (including phenoxy) is 2. The molecule has 184 valence electrons. The predicted octanol–water partition coefficient (Wildman–Crippen LogP) is 4.17. The van der Waals surface area contributed by atoms with Crippen LogP contribution in [0.5, 0.6) is 0 Å². The summed E-state index contributed by atoms with van der Waals surface area (Å²) in [5.74, 6) is -0.929. The molecule has 0 radical (unpaired) electrons. The van der Waals surface area contributed by atoms with Gasteiger partial charge in [0, 0.05) is 41.7 Å². The van der Waals surface area contributed by atoms with Crippen molar-refractivity contribution in [2.45, 2.75) is 32.7 Å². The Morgan fingerprint density at radius 1 is 1.06 bits per heavy atom. The lowest BCUT2D eigenvalue weighted by molar-refractivity contribution is -0.140. The lowest BCUT2D eigenvalue weighted by Crippen LogP contribution is -2.40. The largest absolute Gasteiger partial charge is 0.463 e. The van der Waals surface area contributed by atoms with Gasteiger partial charge in [0.1, 0.15) is 0 Å². The number of carbonyl (C=O) groups excluding carboxylic acids is 3. The van der Waals surface area contributed by atoms with E-state index in [2.05, 4.69) is 0 Å². The van der Waals surface area contributed by atoms with Crippen LogP contribution in [0, 0.1) is 0 Å². The molecule has 7 nitrogen and oxygen atoms in total. The summed E-state index contributed by atoms with van der Waals surface area (Å²) in [5, 5.41) is 0.589. The molecule has 0 spiro atoms. The number of rotatable bonds is 6. The van der Waals surface area contributed by atoms with Gasteiger partial charge < -0.3 is 19.3 Å². The molecule has 2 heterocycles. The van der Waals surface area contributed by atoms with Crippen LogP contribution >= 0.6 is 11.6 Å². The number of allylic oxidation sites excluding steroid dienone is 1. The van der Waals surface area contributed by atoms with E-state index in [0.717, 1.165) is 11.1 Å². The molecule has 35 heavy (non-hydrogen) atoms. The van der Waals surface area contributed by atoms with E-state index in [1.54, 1.807) is 47.9 Å². The Labute approximate surface area is 210 Å². The van der Waals surface area contributed by atoms with Crippen molar-refractivity contribution < 1.29 is 23.9 Å². The van der Waals surface area contributed by atoms with Gasteiger partial charge in [-0.05, 0) is 49.2 Å². The zero-order valence-corrected chi connectivity index (χ0v) is 20.7. The quantitative estimate of drug-likeness (QED) is 0.561. The van der Waals surface area contributed by atoms with Crippen molar-refractivity contribution in [1.82, 2.24) is 9.80 Å². The zero-order valence-electron chi connectivity index (χ0n) is 20.0. The highest BCUT2D eigenvalue weighted by Gasteiger charge is 2.36. The molecule has 2 aromatic rings. The van der Waals surface area contributed by atoms with Crippen molar-refractivity contribution in [3.05, 3.63) is 81.5 Å². The van der Waals surface area contributed by atoms with E-state index < -0.39 is 11.9 Å². The summed E-state index contributed by atoms with van der Waals surface area (Å²) in [4.78, 5) is 42.3. The Balaban J connectivity index is 1.58. The van der Waals surface area contributed by atoms with E-state index >= 15 is 0 Å². The smallest absolute Gasteiger partial charge is 0.336 e. The van der Waals surface area contributed by atoms with Crippen LogP contribution in [0.2, 0.25) is 5.02 Å². The van der Waals surface area contributed by atoms with Gasteiger partial charge in [-0.15, -0.1) is 0 Å². The minimum absolute atomic E-state index is 0.0274. The van der Waals surface area contributed by atoms with Crippen molar-refractivity contribution in [2.75, 3.05) is 32.9 Å². The van der Waals surface area contributed by atoms with Gasteiger partial charge in [0.05, 0.1) is 31.9 Å². The van der Waals surface area contributed by atoms with E-state index in [1.807, 2.05) is 24.3 Å². The Morgan fingerprint density at radius 2 is 1.71 bits per heavy atom. The van der Waals surface area contributed by atoms with Crippen molar-refractivity contribution >= 4 is 29.4 Å². The number of carbonyl (C=O) groups is 3. The number of halogens is 1. The fourth-order valence-electron chi connectivity index (χ4n) is 4.54. The first-order chi connectivity index (χ1) is 16.9.